The van der Waals surface area contributed by atoms with Gasteiger partial charge in [-0.2, -0.15) is 0 Å². The fourth-order valence-corrected chi connectivity index (χ4v) is 6.33. The lowest BCUT2D eigenvalue weighted by Gasteiger charge is -2.11. The van der Waals surface area contributed by atoms with E-state index in [1.54, 1.807) is 36.5 Å². The maximum Gasteiger partial charge on any atom is 0.271 e. The zero-order valence-electron chi connectivity index (χ0n) is 16.4. The number of fused-ring (bicyclic) bond motifs is 2. The Balaban J connectivity index is 1.55. The van der Waals surface area contributed by atoms with Crippen LogP contribution < -0.4 is 4.72 Å². The Kier molecular flexibility index (Phi) is 5.41. The van der Waals surface area contributed by atoms with Crippen molar-refractivity contribution in [3.63, 3.8) is 0 Å². The molecule has 0 atom stereocenters. The molecular weight excluding hydrogens is 583 g/mol. The molecule has 0 fully saturated rings. The molecule has 0 aliphatic heterocycles. The third-order valence-corrected chi connectivity index (χ3v) is 8.52. The number of ketones is 1. The lowest BCUT2D eigenvalue weighted by Crippen LogP contribution is -2.15. The van der Waals surface area contributed by atoms with Crippen LogP contribution in [0.1, 0.15) is 15.9 Å². The zero-order valence-corrected chi connectivity index (χ0v) is 20.2. The standard InChI is InChI=1S/C22H12F2IN3O3S2/c23-15-5-6-16(28-33(30,31)18-7-11-3-1-2-4-17(11)32-18)20(24)19(15)21(29)14-10-27-22-13(14)8-12(25)9-26-22/h1-10,28H,(H,26,27). The van der Waals surface area contributed by atoms with Gasteiger partial charge in [-0.15, -0.1) is 11.3 Å². The molecular formula is C22H12F2IN3O3S2. The van der Waals surface area contributed by atoms with Crippen LogP contribution in [0.3, 0.4) is 0 Å². The molecule has 0 unspecified atom stereocenters. The summed E-state index contributed by atoms with van der Waals surface area (Å²) in [6.45, 7) is 0. The Labute approximate surface area is 203 Å². The second-order valence-electron chi connectivity index (χ2n) is 7.07. The van der Waals surface area contributed by atoms with E-state index in [4.69, 9.17) is 0 Å². The summed E-state index contributed by atoms with van der Waals surface area (Å²) in [5, 5.41) is 1.13. The highest BCUT2D eigenvalue weighted by atomic mass is 127. The smallest absolute Gasteiger partial charge is 0.271 e. The van der Waals surface area contributed by atoms with Gasteiger partial charge < -0.3 is 4.98 Å². The zero-order chi connectivity index (χ0) is 23.3. The van der Waals surface area contributed by atoms with Gasteiger partial charge in [0.1, 0.15) is 15.7 Å². The number of hydrogen-bond acceptors (Lipinski definition) is 5. The predicted molar refractivity (Wildman–Crippen MR) is 131 cm³/mol. The summed E-state index contributed by atoms with van der Waals surface area (Å²) in [6, 6.07) is 12.0. The van der Waals surface area contributed by atoms with Gasteiger partial charge in [0.25, 0.3) is 10.0 Å². The molecule has 0 spiro atoms. The minimum atomic E-state index is -4.17. The van der Waals surface area contributed by atoms with E-state index in [2.05, 4.69) is 14.7 Å². The molecule has 0 bridgehead atoms. The van der Waals surface area contributed by atoms with Crippen molar-refractivity contribution in [1.82, 2.24) is 9.97 Å². The first kappa shape index (κ1) is 21.9. The molecule has 3 heterocycles. The van der Waals surface area contributed by atoms with Crippen LogP contribution in [-0.2, 0) is 10.0 Å². The van der Waals surface area contributed by atoms with Gasteiger partial charge in [-0.1, -0.05) is 18.2 Å². The molecule has 5 aromatic rings. The molecule has 5 rings (SSSR count). The fourth-order valence-electron chi connectivity index (χ4n) is 3.42. The van der Waals surface area contributed by atoms with Gasteiger partial charge in [0.15, 0.2) is 5.82 Å². The number of aromatic nitrogens is 2. The highest BCUT2D eigenvalue weighted by Gasteiger charge is 2.27. The number of aromatic amines is 1. The maximum atomic E-state index is 15.3. The number of nitrogens with zero attached hydrogens (tertiary/aromatic N) is 1. The topological polar surface area (TPSA) is 91.9 Å². The van der Waals surface area contributed by atoms with Crippen LogP contribution in [0.5, 0.6) is 0 Å². The lowest BCUT2D eigenvalue weighted by atomic mass is 10.0. The molecule has 0 saturated heterocycles. The van der Waals surface area contributed by atoms with Crippen LogP contribution in [0.2, 0.25) is 0 Å². The Bertz CT molecular complexity index is 1650. The van der Waals surface area contributed by atoms with Crippen LogP contribution in [0.15, 0.2) is 65.1 Å². The van der Waals surface area contributed by atoms with Crippen LogP contribution in [-0.4, -0.2) is 24.2 Å². The molecule has 0 amide bonds. The third kappa shape index (κ3) is 3.89. The van der Waals surface area contributed by atoms with Crippen molar-refractivity contribution in [2.24, 2.45) is 0 Å². The Morgan fingerprint density at radius 3 is 2.70 bits per heavy atom. The molecule has 2 N–H and O–H groups in total. The van der Waals surface area contributed by atoms with Gasteiger partial charge >= 0.3 is 0 Å². The van der Waals surface area contributed by atoms with Gasteiger partial charge in [0, 0.05) is 31.6 Å². The average Bonchev–Trinajstić information content (AvgIpc) is 3.40. The van der Waals surface area contributed by atoms with Crippen molar-refractivity contribution in [2.45, 2.75) is 4.21 Å². The van der Waals surface area contributed by atoms with Crippen LogP contribution in [0.4, 0.5) is 14.5 Å². The molecule has 11 heteroatoms. The third-order valence-electron chi connectivity index (χ3n) is 4.97. The molecule has 0 saturated carbocycles. The van der Waals surface area contributed by atoms with Crippen molar-refractivity contribution in [2.75, 3.05) is 4.72 Å². The van der Waals surface area contributed by atoms with Crippen LogP contribution in [0.25, 0.3) is 21.1 Å². The van der Waals surface area contributed by atoms with E-state index >= 15 is 4.39 Å². The number of thiophene rings is 1. The first-order valence-corrected chi connectivity index (χ1v) is 12.8. The van der Waals surface area contributed by atoms with Crippen molar-refractivity contribution in [3.05, 3.63) is 87.3 Å². The number of benzene rings is 2. The first-order chi connectivity index (χ1) is 15.7. The van der Waals surface area contributed by atoms with E-state index in [1.165, 1.54) is 12.3 Å². The summed E-state index contributed by atoms with van der Waals surface area (Å²) < 4.78 is 59.2. The SMILES string of the molecule is O=C(c1c(F)ccc(NS(=O)(=O)c2cc3ccccc3s2)c1F)c1c[nH]c2ncc(I)cc12. The van der Waals surface area contributed by atoms with Crippen LogP contribution in [0, 0.1) is 15.2 Å². The molecule has 3 aromatic heterocycles. The van der Waals surface area contributed by atoms with Crippen molar-refractivity contribution in [3.8, 4) is 0 Å². The quantitative estimate of drug-likeness (QED) is 0.202. The van der Waals surface area contributed by atoms with Crippen molar-refractivity contribution < 1.29 is 22.0 Å². The van der Waals surface area contributed by atoms with Gasteiger partial charge in [-0.05, 0) is 58.3 Å². The van der Waals surface area contributed by atoms with E-state index < -0.39 is 38.7 Å². The number of halogens is 3. The minimum Gasteiger partial charge on any atom is -0.345 e. The minimum absolute atomic E-state index is 0.0262. The van der Waals surface area contributed by atoms with Crippen molar-refractivity contribution in [1.29, 1.82) is 0 Å². The number of carbonyl (C=O) groups excluding carboxylic acids is 1. The normalized spacial score (nSPS) is 11.8. The highest BCUT2D eigenvalue weighted by Crippen LogP contribution is 2.32. The number of H-pyrrole nitrogens is 1. The molecule has 0 aliphatic rings. The average molecular weight is 595 g/mol. The number of rotatable bonds is 5. The van der Waals surface area contributed by atoms with E-state index in [0.29, 0.717) is 11.0 Å². The highest BCUT2D eigenvalue weighted by molar-refractivity contribution is 14.1. The van der Waals surface area contributed by atoms with Crippen molar-refractivity contribution >= 4 is 76.5 Å². The molecule has 0 aliphatic carbocycles. The molecule has 2 aromatic carbocycles. The lowest BCUT2D eigenvalue weighted by molar-refractivity contribution is 0.103. The van der Waals surface area contributed by atoms with Crippen LogP contribution >= 0.6 is 33.9 Å². The summed E-state index contributed by atoms with van der Waals surface area (Å²) in [4.78, 5) is 20.0. The number of nitrogens with one attached hydrogen (secondary N) is 2. The number of hydrogen-bond donors (Lipinski definition) is 2. The fraction of sp³-hybridized carbons (Fsp3) is 0. The number of carbonyl (C=O) groups is 1. The number of anilines is 1. The van der Waals surface area contributed by atoms with E-state index in [0.717, 1.165) is 37.1 Å². The Morgan fingerprint density at radius 1 is 1.12 bits per heavy atom. The monoisotopic (exact) mass is 595 g/mol. The molecule has 33 heavy (non-hydrogen) atoms. The van der Waals surface area contributed by atoms with E-state index in [9.17, 15) is 17.6 Å². The molecule has 166 valence electrons. The largest absolute Gasteiger partial charge is 0.345 e. The van der Waals surface area contributed by atoms with Gasteiger partial charge in [0.2, 0.25) is 5.78 Å². The van der Waals surface area contributed by atoms with Gasteiger partial charge in [0.05, 0.1) is 11.3 Å². The van der Waals surface area contributed by atoms with Gasteiger partial charge in [-0.3, -0.25) is 9.52 Å². The number of sulfonamides is 1. The summed E-state index contributed by atoms with van der Waals surface area (Å²) in [5.74, 6) is -3.32. The first-order valence-electron chi connectivity index (χ1n) is 9.41. The molecule has 0 radical (unpaired) electrons. The second-order valence-corrected chi connectivity index (χ2v) is 11.3. The Hall–Kier alpha value is -2.90. The molecule has 6 nitrogen and oxygen atoms in total. The second kappa shape index (κ2) is 8.15. The summed E-state index contributed by atoms with van der Waals surface area (Å²) in [6.07, 6.45) is 2.90. The Morgan fingerprint density at radius 2 is 1.91 bits per heavy atom. The number of pyridine rings is 1. The predicted octanol–water partition coefficient (Wildman–Crippen LogP) is 5.69. The van der Waals surface area contributed by atoms with E-state index in [-0.39, 0.29) is 9.77 Å². The maximum absolute atomic E-state index is 15.3. The van der Waals surface area contributed by atoms with Gasteiger partial charge in [-0.25, -0.2) is 22.2 Å². The summed E-state index contributed by atoms with van der Waals surface area (Å²) in [5.41, 5.74) is -0.962. The van der Waals surface area contributed by atoms with E-state index in [1.807, 2.05) is 22.6 Å². The summed E-state index contributed by atoms with van der Waals surface area (Å²) >= 11 is 3.03. The summed E-state index contributed by atoms with van der Waals surface area (Å²) in [7, 11) is -4.17.